The molecule has 1 amide bonds. The first-order valence-electron chi connectivity index (χ1n) is 7.00. The molecule has 0 saturated carbocycles. The molecule has 1 N–H and O–H groups in total. The highest BCUT2D eigenvalue weighted by atomic mass is 16.5. The predicted molar refractivity (Wildman–Crippen MR) is 80.2 cm³/mol. The fraction of sp³-hybridized carbons (Fsp3) is 0.188. The number of rotatable bonds is 3. The van der Waals surface area contributed by atoms with E-state index in [2.05, 4.69) is 15.3 Å². The minimum atomic E-state index is -0.0391. The van der Waals surface area contributed by atoms with E-state index < -0.39 is 0 Å². The van der Waals surface area contributed by atoms with Crippen molar-refractivity contribution in [2.45, 2.75) is 0 Å². The summed E-state index contributed by atoms with van der Waals surface area (Å²) in [7, 11) is 0. The second-order valence-electron chi connectivity index (χ2n) is 5.15. The zero-order valence-corrected chi connectivity index (χ0v) is 11.7. The van der Waals surface area contributed by atoms with Crippen molar-refractivity contribution < 1.29 is 13.9 Å². The van der Waals surface area contributed by atoms with Gasteiger partial charge in [0, 0.05) is 17.4 Å². The summed E-state index contributed by atoms with van der Waals surface area (Å²) in [5.41, 5.74) is 2.82. The van der Waals surface area contributed by atoms with E-state index in [1.807, 2.05) is 36.4 Å². The van der Waals surface area contributed by atoms with Crippen LogP contribution in [0.3, 0.4) is 0 Å². The summed E-state index contributed by atoms with van der Waals surface area (Å²) in [6.45, 7) is 1.000. The van der Waals surface area contributed by atoms with E-state index >= 15 is 0 Å². The van der Waals surface area contributed by atoms with Gasteiger partial charge in [-0.2, -0.15) is 0 Å². The Kier molecular flexibility index (Phi) is 3.08. The Morgan fingerprint density at radius 1 is 1.18 bits per heavy atom. The number of aromatic nitrogens is 2. The zero-order chi connectivity index (χ0) is 14.9. The molecule has 3 aromatic rings. The molecule has 0 aliphatic carbocycles. The van der Waals surface area contributed by atoms with Crippen molar-refractivity contribution >= 4 is 22.8 Å². The van der Waals surface area contributed by atoms with E-state index in [1.165, 1.54) is 0 Å². The van der Waals surface area contributed by atoms with Crippen LogP contribution in [-0.4, -0.2) is 29.1 Å². The number of benzene rings is 1. The highest BCUT2D eigenvalue weighted by Crippen LogP contribution is 2.24. The number of oxazole rings is 1. The van der Waals surface area contributed by atoms with Crippen molar-refractivity contribution in [1.29, 1.82) is 0 Å². The molecule has 2 aromatic heterocycles. The summed E-state index contributed by atoms with van der Waals surface area (Å²) in [6.07, 6.45) is 1.67. The molecular weight excluding hydrogens is 282 g/mol. The van der Waals surface area contributed by atoms with Gasteiger partial charge in [-0.25, -0.2) is 9.97 Å². The van der Waals surface area contributed by atoms with E-state index in [-0.39, 0.29) is 11.8 Å². The van der Waals surface area contributed by atoms with E-state index in [0.29, 0.717) is 24.8 Å². The highest BCUT2D eigenvalue weighted by Gasteiger charge is 2.26. The van der Waals surface area contributed by atoms with Crippen molar-refractivity contribution in [3.8, 4) is 11.5 Å². The molecule has 0 atom stereocenters. The van der Waals surface area contributed by atoms with Crippen LogP contribution in [0.1, 0.15) is 0 Å². The number of amides is 1. The highest BCUT2D eigenvalue weighted by molar-refractivity contribution is 5.93. The molecule has 1 aromatic carbocycles. The summed E-state index contributed by atoms with van der Waals surface area (Å²) in [4.78, 5) is 20.3. The van der Waals surface area contributed by atoms with Gasteiger partial charge in [-0.3, -0.25) is 4.79 Å². The Bertz CT molecular complexity index is 789. The summed E-state index contributed by atoms with van der Waals surface area (Å²) in [6, 6.07) is 11.0. The summed E-state index contributed by atoms with van der Waals surface area (Å²) < 4.78 is 10.6. The molecule has 6 heteroatoms. The summed E-state index contributed by atoms with van der Waals surface area (Å²) >= 11 is 0. The van der Waals surface area contributed by atoms with Gasteiger partial charge in [-0.15, -0.1) is 0 Å². The summed E-state index contributed by atoms with van der Waals surface area (Å²) in [5.74, 6) is 0.465. The second-order valence-corrected chi connectivity index (χ2v) is 5.15. The van der Waals surface area contributed by atoms with Gasteiger partial charge in [0.05, 0.1) is 19.1 Å². The van der Waals surface area contributed by atoms with Gasteiger partial charge in [0.2, 0.25) is 17.5 Å². The third-order valence-electron chi connectivity index (χ3n) is 3.57. The maximum absolute atomic E-state index is 11.8. The molecule has 3 heterocycles. The fourth-order valence-electron chi connectivity index (χ4n) is 2.22. The van der Waals surface area contributed by atoms with Crippen molar-refractivity contribution in [2.75, 3.05) is 18.5 Å². The van der Waals surface area contributed by atoms with E-state index in [9.17, 15) is 4.79 Å². The minimum Gasteiger partial charge on any atom is -0.418 e. The first-order valence-corrected chi connectivity index (χ1v) is 7.00. The minimum absolute atomic E-state index is 0.00920. The molecule has 110 valence electrons. The van der Waals surface area contributed by atoms with Gasteiger partial charge >= 0.3 is 0 Å². The largest absolute Gasteiger partial charge is 0.418 e. The average Bonchev–Trinajstić information content (AvgIpc) is 2.90. The molecular formula is C16H13N3O3. The third kappa shape index (κ3) is 2.33. The SMILES string of the molecule is O=C(Nc1ccc(-c2nc3cccnc3o2)cc1)C1COC1. The number of hydrogen-bond acceptors (Lipinski definition) is 5. The molecule has 4 rings (SSSR count). The number of fused-ring (bicyclic) bond motifs is 1. The lowest BCUT2D eigenvalue weighted by Crippen LogP contribution is -2.38. The molecule has 1 aliphatic heterocycles. The number of nitrogens with zero attached hydrogens (tertiary/aromatic N) is 2. The number of carbonyl (C=O) groups is 1. The van der Waals surface area contributed by atoms with Crippen LogP contribution in [0.2, 0.25) is 0 Å². The molecule has 0 radical (unpaired) electrons. The molecule has 0 unspecified atom stereocenters. The van der Waals surface area contributed by atoms with Crippen LogP contribution in [0.4, 0.5) is 5.69 Å². The average molecular weight is 295 g/mol. The maximum atomic E-state index is 11.8. The number of anilines is 1. The van der Waals surface area contributed by atoms with Gasteiger partial charge in [0.15, 0.2) is 0 Å². The van der Waals surface area contributed by atoms with Gasteiger partial charge in [0.1, 0.15) is 5.52 Å². The second kappa shape index (κ2) is 5.23. The molecule has 22 heavy (non-hydrogen) atoms. The van der Waals surface area contributed by atoms with Crippen LogP contribution < -0.4 is 5.32 Å². The smallest absolute Gasteiger partial charge is 0.247 e. The Hall–Kier alpha value is -2.73. The van der Waals surface area contributed by atoms with Crippen molar-refractivity contribution in [3.63, 3.8) is 0 Å². The van der Waals surface area contributed by atoms with E-state index in [4.69, 9.17) is 9.15 Å². The van der Waals surface area contributed by atoms with Crippen LogP contribution in [0.25, 0.3) is 22.7 Å². The van der Waals surface area contributed by atoms with Crippen molar-refractivity contribution in [2.24, 2.45) is 5.92 Å². The predicted octanol–water partition coefficient (Wildman–Crippen LogP) is 2.47. The normalized spacial score (nSPS) is 14.7. The Balaban J connectivity index is 1.54. The van der Waals surface area contributed by atoms with Gasteiger partial charge in [-0.1, -0.05) is 0 Å². The number of nitrogens with one attached hydrogen (secondary N) is 1. The van der Waals surface area contributed by atoms with Gasteiger partial charge in [0.25, 0.3) is 0 Å². The summed E-state index contributed by atoms with van der Waals surface area (Å²) in [5, 5.41) is 2.87. The third-order valence-corrected chi connectivity index (χ3v) is 3.57. The van der Waals surface area contributed by atoms with Crippen LogP contribution in [0.5, 0.6) is 0 Å². The maximum Gasteiger partial charge on any atom is 0.247 e. The van der Waals surface area contributed by atoms with E-state index in [1.54, 1.807) is 6.20 Å². The van der Waals surface area contributed by atoms with Gasteiger partial charge in [-0.05, 0) is 36.4 Å². The number of carbonyl (C=O) groups excluding carboxylic acids is 1. The van der Waals surface area contributed by atoms with Gasteiger partial charge < -0.3 is 14.5 Å². The quantitative estimate of drug-likeness (QED) is 0.803. The van der Waals surface area contributed by atoms with Crippen LogP contribution >= 0.6 is 0 Å². The van der Waals surface area contributed by atoms with Crippen molar-refractivity contribution in [1.82, 2.24) is 9.97 Å². The first kappa shape index (κ1) is 13.0. The van der Waals surface area contributed by atoms with Crippen molar-refractivity contribution in [3.05, 3.63) is 42.6 Å². The standard InChI is InChI=1S/C16H13N3O3/c20-14(11-8-21-9-11)18-12-5-3-10(4-6-12)15-19-13-2-1-7-17-16(13)22-15/h1-7,11H,8-9H2,(H,18,20). The lowest BCUT2D eigenvalue weighted by atomic mass is 10.1. The first-order chi connectivity index (χ1) is 10.8. The lowest BCUT2D eigenvalue weighted by Gasteiger charge is -2.24. The molecule has 1 saturated heterocycles. The topological polar surface area (TPSA) is 77.3 Å². The number of hydrogen-bond donors (Lipinski definition) is 1. The zero-order valence-electron chi connectivity index (χ0n) is 11.7. The molecule has 6 nitrogen and oxygen atoms in total. The number of ether oxygens (including phenoxy) is 1. The molecule has 0 spiro atoms. The number of pyridine rings is 1. The fourth-order valence-corrected chi connectivity index (χ4v) is 2.22. The Morgan fingerprint density at radius 3 is 2.68 bits per heavy atom. The molecule has 1 fully saturated rings. The Morgan fingerprint density at radius 2 is 2.00 bits per heavy atom. The monoisotopic (exact) mass is 295 g/mol. The molecule has 1 aliphatic rings. The van der Waals surface area contributed by atoms with Crippen LogP contribution in [-0.2, 0) is 9.53 Å². The molecule has 0 bridgehead atoms. The van der Waals surface area contributed by atoms with Crippen LogP contribution in [0.15, 0.2) is 47.0 Å². The van der Waals surface area contributed by atoms with E-state index in [0.717, 1.165) is 16.8 Å². The Labute approximate surface area is 126 Å². The van der Waals surface area contributed by atoms with Crippen LogP contribution in [0, 0.1) is 5.92 Å². The lowest BCUT2D eigenvalue weighted by molar-refractivity contribution is -0.133.